The molecular weight excluding hydrogens is 324 g/mol. The molecule has 2 N–H and O–H groups in total. The molecule has 0 fully saturated rings. The van der Waals surface area contributed by atoms with Gasteiger partial charge in [-0.2, -0.15) is 0 Å². The quantitative estimate of drug-likeness (QED) is 0.826. The molecule has 0 heterocycles. The van der Waals surface area contributed by atoms with Crippen LogP contribution in [0.2, 0.25) is 0 Å². The van der Waals surface area contributed by atoms with Gasteiger partial charge in [0.1, 0.15) is 5.60 Å². The molecule has 1 aromatic carbocycles. The Bertz CT molecular complexity index is 484. The van der Waals surface area contributed by atoms with E-state index in [2.05, 4.69) is 26.6 Å². The van der Waals surface area contributed by atoms with Crippen LogP contribution in [0.5, 0.6) is 0 Å². The Kier molecular flexibility index (Phi) is 6.01. The minimum atomic E-state index is -0.524. The van der Waals surface area contributed by atoms with Gasteiger partial charge in [-0.1, -0.05) is 22.0 Å². The van der Waals surface area contributed by atoms with E-state index >= 15 is 0 Å². The molecule has 0 spiro atoms. The number of amides is 2. The summed E-state index contributed by atoms with van der Waals surface area (Å²) < 4.78 is 5.92. The molecule has 0 atom stereocenters. The van der Waals surface area contributed by atoms with Gasteiger partial charge < -0.3 is 15.4 Å². The van der Waals surface area contributed by atoms with Crippen molar-refractivity contribution in [2.24, 2.45) is 0 Å². The molecule has 0 aromatic heterocycles. The molecule has 0 saturated carbocycles. The van der Waals surface area contributed by atoms with E-state index < -0.39 is 11.7 Å². The minimum absolute atomic E-state index is 0.183. The topological polar surface area (TPSA) is 67.4 Å². The van der Waals surface area contributed by atoms with Crippen molar-refractivity contribution in [3.8, 4) is 0 Å². The van der Waals surface area contributed by atoms with E-state index in [9.17, 15) is 9.59 Å². The van der Waals surface area contributed by atoms with Gasteiger partial charge in [0.05, 0.1) is 0 Å². The number of hydrogen-bond acceptors (Lipinski definition) is 3. The molecule has 0 aliphatic rings. The molecule has 0 unspecified atom stereocenters. The predicted octanol–water partition coefficient (Wildman–Crippen LogP) is 2.70. The van der Waals surface area contributed by atoms with Crippen LogP contribution in [0.1, 0.15) is 31.1 Å². The normalized spacial score (nSPS) is 10.8. The zero-order valence-electron chi connectivity index (χ0n) is 11.8. The number of alkyl carbamates (subject to hydrolysis) is 1. The fourth-order valence-electron chi connectivity index (χ4n) is 1.39. The summed E-state index contributed by atoms with van der Waals surface area (Å²) >= 11 is 3.31. The summed E-state index contributed by atoms with van der Waals surface area (Å²) in [4.78, 5) is 23.2. The van der Waals surface area contributed by atoms with Crippen LogP contribution in [0.25, 0.3) is 0 Å². The van der Waals surface area contributed by atoms with Crippen LogP contribution in [0, 0.1) is 0 Å². The van der Waals surface area contributed by atoms with Crippen molar-refractivity contribution in [1.82, 2.24) is 10.6 Å². The Morgan fingerprint density at radius 2 is 1.85 bits per heavy atom. The molecule has 0 aliphatic carbocycles. The van der Waals surface area contributed by atoms with Gasteiger partial charge in [0.25, 0.3) is 5.91 Å². The van der Waals surface area contributed by atoms with Crippen molar-refractivity contribution in [2.75, 3.05) is 13.1 Å². The number of nitrogens with one attached hydrogen (secondary N) is 2. The average molecular weight is 343 g/mol. The molecule has 6 heteroatoms. The van der Waals surface area contributed by atoms with Gasteiger partial charge in [0.15, 0.2) is 0 Å². The summed E-state index contributed by atoms with van der Waals surface area (Å²) in [5.41, 5.74) is 0.0422. The number of benzene rings is 1. The monoisotopic (exact) mass is 342 g/mol. The molecule has 1 rings (SSSR count). The van der Waals surface area contributed by atoms with Gasteiger partial charge in [0, 0.05) is 23.1 Å². The summed E-state index contributed by atoms with van der Waals surface area (Å²) in [6.07, 6.45) is -0.491. The molecule has 0 radical (unpaired) electrons. The lowest BCUT2D eigenvalue weighted by molar-refractivity contribution is 0.0526. The van der Waals surface area contributed by atoms with Crippen molar-refractivity contribution < 1.29 is 14.3 Å². The zero-order valence-corrected chi connectivity index (χ0v) is 13.4. The number of hydrogen-bond donors (Lipinski definition) is 2. The van der Waals surface area contributed by atoms with Crippen molar-refractivity contribution in [3.05, 3.63) is 34.3 Å². The number of ether oxygens (including phenoxy) is 1. The Labute approximate surface area is 127 Å². The van der Waals surface area contributed by atoms with E-state index in [1.54, 1.807) is 39.0 Å². The minimum Gasteiger partial charge on any atom is -0.444 e. The lowest BCUT2D eigenvalue weighted by Gasteiger charge is -2.19. The Morgan fingerprint density at radius 3 is 2.45 bits per heavy atom. The first kappa shape index (κ1) is 16.5. The maximum atomic E-state index is 11.8. The van der Waals surface area contributed by atoms with E-state index in [0.717, 1.165) is 4.47 Å². The average Bonchev–Trinajstić information content (AvgIpc) is 2.32. The SMILES string of the molecule is CC(C)(C)OC(=O)NCCNC(=O)c1cccc(Br)c1. The Morgan fingerprint density at radius 1 is 1.20 bits per heavy atom. The standard InChI is InChI=1S/C14H19BrN2O3/c1-14(2,3)20-13(19)17-8-7-16-12(18)10-5-4-6-11(15)9-10/h4-6,9H,7-8H2,1-3H3,(H,16,18)(H,17,19). The summed E-state index contributed by atoms with van der Waals surface area (Å²) in [6, 6.07) is 7.09. The highest BCUT2D eigenvalue weighted by Crippen LogP contribution is 2.11. The van der Waals surface area contributed by atoms with Gasteiger partial charge in [-0.15, -0.1) is 0 Å². The summed E-state index contributed by atoms with van der Waals surface area (Å²) in [5, 5.41) is 5.29. The van der Waals surface area contributed by atoms with E-state index in [-0.39, 0.29) is 5.91 Å². The lowest BCUT2D eigenvalue weighted by atomic mass is 10.2. The van der Waals surface area contributed by atoms with Crippen LogP contribution in [-0.4, -0.2) is 30.7 Å². The van der Waals surface area contributed by atoms with Crippen LogP contribution < -0.4 is 10.6 Å². The molecule has 2 amide bonds. The fourth-order valence-corrected chi connectivity index (χ4v) is 1.79. The predicted molar refractivity (Wildman–Crippen MR) is 80.7 cm³/mol. The molecular formula is C14H19BrN2O3. The second-order valence-electron chi connectivity index (χ2n) is 5.19. The zero-order chi connectivity index (χ0) is 15.2. The molecule has 5 nitrogen and oxygen atoms in total. The maximum absolute atomic E-state index is 11.8. The smallest absolute Gasteiger partial charge is 0.407 e. The second-order valence-corrected chi connectivity index (χ2v) is 6.11. The van der Waals surface area contributed by atoms with Crippen molar-refractivity contribution in [1.29, 1.82) is 0 Å². The van der Waals surface area contributed by atoms with Crippen molar-refractivity contribution >= 4 is 27.9 Å². The summed E-state index contributed by atoms with van der Waals surface area (Å²) in [5.74, 6) is -0.183. The summed E-state index contributed by atoms with van der Waals surface area (Å²) in [7, 11) is 0. The highest BCUT2D eigenvalue weighted by molar-refractivity contribution is 9.10. The summed E-state index contributed by atoms with van der Waals surface area (Å²) in [6.45, 7) is 6.03. The van der Waals surface area contributed by atoms with Gasteiger partial charge in [-0.3, -0.25) is 4.79 Å². The molecule has 1 aromatic rings. The first-order valence-corrected chi connectivity index (χ1v) is 7.08. The van der Waals surface area contributed by atoms with Crippen LogP contribution in [0.15, 0.2) is 28.7 Å². The fraction of sp³-hybridized carbons (Fsp3) is 0.429. The second kappa shape index (κ2) is 7.28. The number of rotatable bonds is 4. The first-order valence-electron chi connectivity index (χ1n) is 6.28. The van der Waals surface area contributed by atoms with Gasteiger partial charge >= 0.3 is 6.09 Å². The highest BCUT2D eigenvalue weighted by atomic mass is 79.9. The van der Waals surface area contributed by atoms with Gasteiger partial charge in [0.2, 0.25) is 0 Å². The van der Waals surface area contributed by atoms with E-state index in [4.69, 9.17) is 4.74 Å². The van der Waals surface area contributed by atoms with Crippen LogP contribution in [0.4, 0.5) is 4.79 Å². The number of carbonyl (C=O) groups excluding carboxylic acids is 2. The third kappa shape index (κ3) is 6.56. The molecule has 0 saturated heterocycles. The largest absolute Gasteiger partial charge is 0.444 e. The molecule has 0 aliphatic heterocycles. The third-order valence-corrected chi connectivity index (χ3v) is 2.66. The third-order valence-electron chi connectivity index (χ3n) is 2.17. The highest BCUT2D eigenvalue weighted by Gasteiger charge is 2.15. The van der Waals surface area contributed by atoms with Crippen LogP contribution in [0.3, 0.4) is 0 Å². The number of carbonyl (C=O) groups is 2. The van der Waals surface area contributed by atoms with E-state index in [1.165, 1.54) is 0 Å². The first-order chi connectivity index (χ1) is 9.28. The lowest BCUT2D eigenvalue weighted by Crippen LogP contribution is -2.37. The molecule has 20 heavy (non-hydrogen) atoms. The molecule has 110 valence electrons. The van der Waals surface area contributed by atoms with Crippen molar-refractivity contribution in [2.45, 2.75) is 26.4 Å². The van der Waals surface area contributed by atoms with E-state index in [0.29, 0.717) is 18.7 Å². The van der Waals surface area contributed by atoms with Gasteiger partial charge in [-0.05, 0) is 39.0 Å². The van der Waals surface area contributed by atoms with Crippen LogP contribution in [-0.2, 0) is 4.74 Å². The van der Waals surface area contributed by atoms with Crippen LogP contribution >= 0.6 is 15.9 Å². The van der Waals surface area contributed by atoms with Crippen molar-refractivity contribution in [3.63, 3.8) is 0 Å². The molecule has 0 bridgehead atoms. The Balaban J connectivity index is 2.28. The van der Waals surface area contributed by atoms with E-state index in [1.807, 2.05) is 6.07 Å². The number of halogens is 1. The maximum Gasteiger partial charge on any atom is 0.407 e. The Hall–Kier alpha value is -1.56. The van der Waals surface area contributed by atoms with Gasteiger partial charge in [-0.25, -0.2) is 4.79 Å².